The zero-order valence-electron chi connectivity index (χ0n) is 11.8. The van der Waals surface area contributed by atoms with Crippen molar-refractivity contribution in [1.29, 1.82) is 0 Å². The van der Waals surface area contributed by atoms with Gasteiger partial charge in [0.05, 0.1) is 6.54 Å². The van der Waals surface area contributed by atoms with E-state index in [1.165, 1.54) is 0 Å². The number of urea groups is 1. The third kappa shape index (κ3) is 2.74. The number of nitrogens with zero attached hydrogens (tertiary/aromatic N) is 1. The van der Waals surface area contributed by atoms with E-state index in [-0.39, 0.29) is 0 Å². The molecule has 106 valence electrons. The molecule has 0 spiro atoms. The number of benzene rings is 2. The number of hydrogen-bond acceptors (Lipinski definition) is 1. The molecule has 0 unspecified atom stereocenters. The van der Waals surface area contributed by atoms with Gasteiger partial charge in [0, 0.05) is 18.1 Å². The smallest absolute Gasteiger partial charge is 0.319 e. The van der Waals surface area contributed by atoms with Crippen LogP contribution in [-0.4, -0.2) is 11.0 Å². The van der Waals surface area contributed by atoms with E-state index in [0.717, 1.165) is 27.6 Å². The molecule has 1 aromatic heterocycles. The average molecular weight is 279 g/mol. The standard InChI is InChI=1S/C17H17N3O/c1-12-3-2-4-16(7-12)20(17(18)21)11-13-5-6-14-9-19-10-15(14)8-13/h2-10,19H,11H2,1H3,(H2,18,21). The number of aromatic nitrogens is 1. The van der Waals surface area contributed by atoms with Gasteiger partial charge >= 0.3 is 6.03 Å². The first kappa shape index (κ1) is 13.2. The van der Waals surface area contributed by atoms with Crippen molar-refractivity contribution in [2.45, 2.75) is 13.5 Å². The number of H-pyrrole nitrogens is 1. The van der Waals surface area contributed by atoms with Gasteiger partial charge in [0.15, 0.2) is 0 Å². The molecule has 0 saturated carbocycles. The van der Waals surface area contributed by atoms with Gasteiger partial charge in [0.2, 0.25) is 0 Å². The van der Waals surface area contributed by atoms with Crippen LogP contribution in [0.3, 0.4) is 0 Å². The Hall–Kier alpha value is -2.75. The maximum absolute atomic E-state index is 11.8. The molecule has 2 aromatic carbocycles. The summed E-state index contributed by atoms with van der Waals surface area (Å²) in [6.07, 6.45) is 3.89. The van der Waals surface area contributed by atoms with Crippen LogP contribution in [0.4, 0.5) is 10.5 Å². The van der Waals surface area contributed by atoms with Crippen LogP contribution in [0.2, 0.25) is 0 Å². The van der Waals surface area contributed by atoms with E-state index >= 15 is 0 Å². The molecule has 0 atom stereocenters. The lowest BCUT2D eigenvalue weighted by molar-refractivity contribution is 0.253. The van der Waals surface area contributed by atoms with Crippen molar-refractivity contribution in [2.75, 3.05) is 4.90 Å². The second kappa shape index (κ2) is 5.32. The van der Waals surface area contributed by atoms with E-state index in [4.69, 9.17) is 5.73 Å². The predicted molar refractivity (Wildman–Crippen MR) is 85.2 cm³/mol. The Morgan fingerprint density at radius 1 is 1.14 bits per heavy atom. The third-order valence-electron chi connectivity index (χ3n) is 3.55. The van der Waals surface area contributed by atoms with Gasteiger partial charge < -0.3 is 10.7 Å². The minimum Gasteiger partial charge on any atom is -0.366 e. The van der Waals surface area contributed by atoms with Crippen LogP contribution in [0.5, 0.6) is 0 Å². The number of carbonyl (C=O) groups excluding carboxylic acids is 1. The number of nitrogens with one attached hydrogen (secondary N) is 1. The van der Waals surface area contributed by atoms with Gasteiger partial charge in [-0.05, 0) is 47.0 Å². The Kier molecular flexibility index (Phi) is 3.36. The lowest BCUT2D eigenvalue weighted by atomic mass is 10.1. The summed E-state index contributed by atoms with van der Waals surface area (Å²) in [6.45, 7) is 2.45. The molecule has 2 amide bonds. The first-order chi connectivity index (χ1) is 10.1. The number of hydrogen-bond donors (Lipinski definition) is 2. The Labute approximate surface area is 123 Å². The van der Waals surface area contributed by atoms with Crippen LogP contribution < -0.4 is 10.6 Å². The highest BCUT2D eigenvalue weighted by Crippen LogP contribution is 2.21. The van der Waals surface area contributed by atoms with Crippen LogP contribution >= 0.6 is 0 Å². The van der Waals surface area contributed by atoms with Gasteiger partial charge in [-0.15, -0.1) is 0 Å². The van der Waals surface area contributed by atoms with Crippen LogP contribution in [0.25, 0.3) is 10.8 Å². The van der Waals surface area contributed by atoms with Crippen LogP contribution in [0.1, 0.15) is 11.1 Å². The van der Waals surface area contributed by atoms with Gasteiger partial charge in [0.1, 0.15) is 0 Å². The molecule has 0 fully saturated rings. The van der Waals surface area contributed by atoms with Crippen molar-refractivity contribution in [2.24, 2.45) is 5.73 Å². The summed E-state index contributed by atoms with van der Waals surface area (Å²) in [5.74, 6) is 0. The molecule has 3 aromatic rings. The van der Waals surface area contributed by atoms with Crippen molar-refractivity contribution in [3.05, 3.63) is 66.0 Å². The quantitative estimate of drug-likeness (QED) is 0.756. The summed E-state index contributed by atoms with van der Waals surface area (Å²) < 4.78 is 0. The molecule has 0 aliphatic carbocycles. The summed E-state index contributed by atoms with van der Waals surface area (Å²) in [4.78, 5) is 16.4. The molecule has 0 bridgehead atoms. The number of fused-ring (bicyclic) bond motifs is 1. The fourth-order valence-corrected chi connectivity index (χ4v) is 2.48. The number of nitrogens with two attached hydrogens (primary N) is 1. The zero-order chi connectivity index (χ0) is 14.8. The van der Waals surface area contributed by atoms with Crippen LogP contribution in [-0.2, 0) is 6.54 Å². The molecule has 0 saturated heterocycles. The number of aryl methyl sites for hydroxylation is 1. The molecular formula is C17H17N3O. The Bertz CT molecular complexity index is 791. The highest BCUT2D eigenvalue weighted by molar-refractivity contribution is 5.91. The molecule has 0 radical (unpaired) electrons. The van der Waals surface area contributed by atoms with E-state index < -0.39 is 6.03 Å². The highest BCUT2D eigenvalue weighted by atomic mass is 16.2. The minimum atomic E-state index is -0.449. The SMILES string of the molecule is Cc1cccc(N(Cc2ccc3c[nH]cc3c2)C(N)=O)c1. The predicted octanol–water partition coefficient (Wildman–Crippen LogP) is 3.56. The Morgan fingerprint density at radius 3 is 2.71 bits per heavy atom. The lowest BCUT2D eigenvalue weighted by Crippen LogP contribution is -2.35. The molecule has 0 aliphatic heterocycles. The normalized spacial score (nSPS) is 10.7. The van der Waals surface area contributed by atoms with Crippen molar-refractivity contribution in [1.82, 2.24) is 4.98 Å². The molecule has 3 rings (SSSR count). The van der Waals surface area contributed by atoms with Crippen molar-refractivity contribution >= 4 is 22.5 Å². The second-order valence-electron chi connectivity index (χ2n) is 5.18. The fourth-order valence-electron chi connectivity index (χ4n) is 2.48. The number of aromatic amines is 1. The number of anilines is 1. The summed E-state index contributed by atoms with van der Waals surface area (Å²) in [5, 5.41) is 2.28. The second-order valence-corrected chi connectivity index (χ2v) is 5.18. The molecule has 4 nitrogen and oxygen atoms in total. The van der Waals surface area contributed by atoms with Crippen LogP contribution in [0, 0.1) is 6.92 Å². The number of carbonyl (C=O) groups is 1. The van der Waals surface area contributed by atoms with Crippen molar-refractivity contribution in [3.63, 3.8) is 0 Å². The Balaban J connectivity index is 1.93. The summed E-state index contributed by atoms with van der Waals surface area (Å²) in [7, 11) is 0. The molecule has 1 heterocycles. The highest BCUT2D eigenvalue weighted by Gasteiger charge is 2.13. The van der Waals surface area contributed by atoms with Gasteiger partial charge in [-0.1, -0.05) is 24.3 Å². The molecule has 3 N–H and O–H groups in total. The summed E-state index contributed by atoms with van der Waals surface area (Å²) in [5.41, 5.74) is 8.50. The summed E-state index contributed by atoms with van der Waals surface area (Å²) >= 11 is 0. The molecule has 4 heteroatoms. The van der Waals surface area contributed by atoms with Crippen molar-refractivity contribution < 1.29 is 4.79 Å². The van der Waals surface area contributed by atoms with Gasteiger partial charge in [0.25, 0.3) is 0 Å². The van der Waals surface area contributed by atoms with E-state index in [1.54, 1.807) is 4.90 Å². The summed E-state index contributed by atoms with van der Waals surface area (Å²) in [6, 6.07) is 13.4. The first-order valence-electron chi connectivity index (χ1n) is 6.82. The molecule has 0 aliphatic rings. The van der Waals surface area contributed by atoms with Gasteiger partial charge in [-0.3, -0.25) is 4.90 Å². The first-order valence-corrected chi connectivity index (χ1v) is 6.82. The maximum atomic E-state index is 11.8. The number of rotatable bonds is 3. The topological polar surface area (TPSA) is 62.1 Å². The van der Waals surface area contributed by atoms with E-state index in [1.807, 2.05) is 55.7 Å². The van der Waals surface area contributed by atoms with E-state index in [0.29, 0.717) is 6.54 Å². The number of primary amides is 1. The van der Waals surface area contributed by atoms with Crippen LogP contribution in [0.15, 0.2) is 54.9 Å². The fraction of sp³-hybridized carbons (Fsp3) is 0.118. The van der Waals surface area contributed by atoms with Gasteiger partial charge in [-0.2, -0.15) is 0 Å². The monoisotopic (exact) mass is 279 g/mol. The van der Waals surface area contributed by atoms with Gasteiger partial charge in [-0.25, -0.2) is 4.79 Å². The Morgan fingerprint density at radius 2 is 1.95 bits per heavy atom. The molecular weight excluding hydrogens is 262 g/mol. The zero-order valence-corrected chi connectivity index (χ0v) is 11.8. The minimum absolute atomic E-state index is 0.449. The lowest BCUT2D eigenvalue weighted by Gasteiger charge is -2.21. The van der Waals surface area contributed by atoms with E-state index in [2.05, 4.69) is 11.1 Å². The number of amides is 2. The molecule has 21 heavy (non-hydrogen) atoms. The average Bonchev–Trinajstić information content (AvgIpc) is 2.92. The maximum Gasteiger partial charge on any atom is 0.319 e. The largest absolute Gasteiger partial charge is 0.366 e. The van der Waals surface area contributed by atoms with Crippen molar-refractivity contribution in [3.8, 4) is 0 Å². The third-order valence-corrected chi connectivity index (χ3v) is 3.55. The van der Waals surface area contributed by atoms with E-state index in [9.17, 15) is 4.79 Å².